The Labute approximate surface area is 102 Å². The van der Waals surface area contributed by atoms with Crippen LogP contribution < -0.4 is 0 Å². The van der Waals surface area contributed by atoms with Crippen molar-refractivity contribution in [2.45, 2.75) is 39.3 Å². The molecule has 17 heavy (non-hydrogen) atoms. The van der Waals surface area contributed by atoms with Gasteiger partial charge < -0.3 is 9.67 Å². The number of likely N-dealkylation sites (tertiary alicyclic amines) is 1. The van der Waals surface area contributed by atoms with Crippen molar-refractivity contribution >= 4 is 0 Å². The van der Waals surface area contributed by atoms with Crippen molar-refractivity contribution in [2.24, 2.45) is 13.0 Å². The minimum Gasteiger partial charge on any atom is -0.393 e. The van der Waals surface area contributed by atoms with Gasteiger partial charge in [-0.05, 0) is 25.7 Å². The number of piperidine rings is 1. The highest BCUT2D eigenvalue weighted by atomic mass is 16.3. The molecule has 0 spiro atoms. The second kappa shape index (κ2) is 5.14. The third kappa shape index (κ3) is 2.66. The van der Waals surface area contributed by atoms with E-state index in [0.717, 1.165) is 44.1 Å². The van der Waals surface area contributed by atoms with E-state index in [0.29, 0.717) is 5.92 Å². The standard InChI is InChI=1S/C12H22N4O/c1-4-10-7-16(6-5-11(10)17)8-12-14-13-9(2)15(12)3/h10-11,17H,4-8H2,1-3H3. The van der Waals surface area contributed by atoms with E-state index in [2.05, 4.69) is 22.0 Å². The molecule has 1 aliphatic heterocycles. The number of aryl methyl sites for hydroxylation is 1. The quantitative estimate of drug-likeness (QED) is 0.843. The van der Waals surface area contributed by atoms with E-state index >= 15 is 0 Å². The van der Waals surface area contributed by atoms with Crippen LogP contribution in [0.25, 0.3) is 0 Å². The fourth-order valence-corrected chi connectivity index (χ4v) is 2.43. The molecule has 1 saturated heterocycles. The molecule has 2 heterocycles. The molecule has 1 aromatic rings. The molecule has 0 radical (unpaired) electrons. The van der Waals surface area contributed by atoms with Crippen molar-refractivity contribution in [3.8, 4) is 0 Å². The molecule has 5 nitrogen and oxygen atoms in total. The minimum absolute atomic E-state index is 0.127. The lowest BCUT2D eigenvalue weighted by Crippen LogP contribution is -2.42. The first-order valence-electron chi connectivity index (χ1n) is 6.37. The Morgan fingerprint density at radius 3 is 2.76 bits per heavy atom. The van der Waals surface area contributed by atoms with Crippen LogP contribution in [0.3, 0.4) is 0 Å². The predicted molar refractivity (Wildman–Crippen MR) is 65.4 cm³/mol. The molecule has 0 amide bonds. The maximum absolute atomic E-state index is 9.85. The van der Waals surface area contributed by atoms with Crippen LogP contribution in [-0.4, -0.2) is 44.0 Å². The molecule has 1 aliphatic rings. The Bertz CT molecular complexity index is 377. The second-order valence-electron chi connectivity index (χ2n) is 4.98. The third-order valence-electron chi connectivity index (χ3n) is 3.85. The Morgan fingerprint density at radius 1 is 1.41 bits per heavy atom. The molecular formula is C12H22N4O. The fraction of sp³-hybridized carbons (Fsp3) is 0.833. The van der Waals surface area contributed by atoms with Crippen molar-refractivity contribution in [2.75, 3.05) is 13.1 Å². The van der Waals surface area contributed by atoms with Gasteiger partial charge in [-0.15, -0.1) is 10.2 Å². The number of rotatable bonds is 3. The van der Waals surface area contributed by atoms with Gasteiger partial charge in [-0.2, -0.15) is 0 Å². The zero-order valence-corrected chi connectivity index (χ0v) is 10.9. The van der Waals surface area contributed by atoms with Crippen LogP contribution in [0.5, 0.6) is 0 Å². The first kappa shape index (κ1) is 12.5. The van der Waals surface area contributed by atoms with Gasteiger partial charge in [0.1, 0.15) is 11.6 Å². The number of nitrogens with zero attached hydrogens (tertiary/aromatic N) is 4. The van der Waals surface area contributed by atoms with Gasteiger partial charge in [-0.1, -0.05) is 6.92 Å². The van der Waals surface area contributed by atoms with Crippen LogP contribution in [0.4, 0.5) is 0 Å². The average Bonchev–Trinajstić information content (AvgIpc) is 2.63. The molecule has 1 aromatic heterocycles. The molecule has 0 saturated carbocycles. The summed E-state index contributed by atoms with van der Waals surface area (Å²) in [5.74, 6) is 2.36. The summed E-state index contributed by atoms with van der Waals surface area (Å²) in [7, 11) is 2.00. The number of aliphatic hydroxyl groups excluding tert-OH is 1. The molecule has 0 bridgehead atoms. The van der Waals surface area contributed by atoms with Gasteiger partial charge in [0.05, 0.1) is 12.6 Å². The van der Waals surface area contributed by atoms with Gasteiger partial charge in [-0.3, -0.25) is 4.90 Å². The number of aliphatic hydroxyl groups is 1. The maximum atomic E-state index is 9.85. The first-order valence-corrected chi connectivity index (χ1v) is 6.37. The molecule has 1 N–H and O–H groups in total. The average molecular weight is 238 g/mol. The molecular weight excluding hydrogens is 216 g/mol. The van der Waals surface area contributed by atoms with E-state index in [1.807, 2.05) is 18.5 Å². The summed E-state index contributed by atoms with van der Waals surface area (Å²) in [5.41, 5.74) is 0. The van der Waals surface area contributed by atoms with Crippen molar-refractivity contribution in [1.82, 2.24) is 19.7 Å². The van der Waals surface area contributed by atoms with Gasteiger partial charge in [0.15, 0.2) is 0 Å². The molecule has 2 atom stereocenters. The van der Waals surface area contributed by atoms with Gasteiger partial charge >= 0.3 is 0 Å². The Kier molecular flexibility index (Phi) is 3.79. The largest absolute Gasteiger partial charge is 0.393 e. The molecule has 0 aromatic carbocycles. The summed E-state index contributed by atoms with van der Waals surface area (Å²) < 4.78 is 2.03. The lowest BCUT2D eigenvalue weighted by Gasteiger charge is -2.35. The topological polar surface area (TPSA) is 54.2 Å². The van der Waals surface area contributed by atoms with Crippen LogP contribution in [-0.2, 0) is 13.6 Å². The Balaban J connectivity index is 1.98. The predicted octanol–water partition coefficient (Wildman–Crippen LogP) is 0.716. The van der Waals surface area contributed by atoms with Crippen molar-refractivity contribution < 1.29 is 5.11 Å². The zero-order chi connectivity index (χ0) is 12.4. The Morgan fingerprint density at radius 2 is 2.18 bits per heavy atom. The highest BCUT2D eigenvalue weighted by Gasteiger charge is 2.26. The minimum atomic E-state index is -0.127. The van der Waals surface area contributed by atoms with Gasteiger partial charge in [0.25, 0.3) is 0 Å². The van der Waals surface area contributed by atoms with E-state index in [1.165, 1.54) is 0 Å². The highest BCUT2D eigenvalue weighted by Crippen LogP contribution is 2.21. The molecule has 2 unspecified atom stereocenters. The SMILES string of the molecule is CCC1CN(Cc2nnc(C)n2C)CCC1O. The lowest BCUT2D eigenvalue weighted by atomic mass is 9.92. The number of aromatic nitrogens is 3. The highest BCUT2D eigenvalue weighted by molar-refractivity contribution is 4.93. The summed E-state index contributed by atoms with van der Waals surface area (Å²) in [5, 5.41) is 18.1. The fourth-order valence-electron chi connectivity index (χ4n) is 2.43. The number of hydrogen-bond acceptors (Lipinski definition) is 4. The molecule has 2 rings (SSSR count). The zero-order valence-electron chi connectivity index (χ0n) is 10.9. The van der Waals surface area contributed by atoms with Gasteiger partial charge in [-0.25, -0.2) is 0 Å². The normalized spacial score (nSPS) is 26.4. The van der Waals surface area contributed by atoms with Crippen LogP contribution in [0.1, 0.15) is 31.4 Å². The smallest absolute Gasteiger partial charge is 0.146 e. The monoisotopic (exact) mass is 238 g/mol. The van der Waals surface area contributed by atoms with Crippen molar-refractivity contribution in [3.63, 3.8) is 0 Å². The van der Waals surface area contributed by atoms with Crippen LogP contribution in [0, 0.1) is 12.8 Å². The first-order chi connectivity index (χ1) is 8.11. The van der Waals surface area contributed by atoms with Crippen LogP contribution in [0.15, 0.2) is 0 Å². The summed E-state index contributed by atoms with van der Waals surface area (Å²) in [4.78, 5) is 2.37. The molecule has 1 fully saturated rings. The van der Waals surface area contributed by atoms with Gasteiger partial charge in [0.2, 0.25) is 0 Å². The summed E-state index contributed by atoms with van der Waals surface area (Å²) in [6.07, 6.45) is 1.78. The summed E-state index contributed by atoms with van der Waals surface area (Å²) in [6, 6.07) is 0. The number of hydrogen-bond donors (Lipinski definition) is 1. The molecule has 5 heteroatoms. The van der Waals surface area contributed by atoms with Gasteiger partial charge in [0, 0.05) is 20.1 Å². The molecule has 0 aliphatic carbocycles. The maximum Gasteiger partial charge on any atom is 0.146 e. The van der Waals surface area contributed by atoms with Crippen molar-refractivity contribution in [1.29, 1.82) is 0 Å². The van der Waals surface area contributed by atoms with Crippen LogP contribution >= 0.6 is 0 Å². The van der Waals surface area contributed by atoms with E-state index in [9.17, 15) is 5.11 Å². The van der Waals surface area contributed by atoms with E-state index in [4.69, 9.17) is 0 Å². The van der Waals surface area contributed by atoms with Crippen LogP contribution in [0.2, 0.25) is 0 Å². The van der Waals surface area contributed by atoms with E-state index < -0.39 is 0 Å². The lowest BCUT2D eigenvalue weighted by molar-refractivity contribution is 0.0210. The Hall–Kier alpha value is -0.940. The molecule has 96 valence electrons. The van der Waals surface area contributed by atoms with Crippen molar-refractivity contribution in [3.05, 3.63) is 11.6 Å². The van der Waals surface area contributed by atoms with E-state index in [1.54, 1.807) is 0 Å². The summed E-state index contributed by atoms with van der Waals surface area (Å²) in [6.45, 7) is 6.85. The second-order valence-corrected chi connectivity index (χ2v) is 4.98. The van der Waals surface area contributed by atoms with E-state index in [-0.39, 0.29) is 6.10 Å². The third-order valence-corrected chi connectivity index (χ3v) is 3.85. The summed E-state index contributed by atoms with van der Waals surface area (Å²) >= 11 is 0.